The molecule has 20 heavy (non-hydrogen) atoms. The Morgan fingerprint density at radius 1 is 0.850 bits per heavy atom. The lowest BCUT2D eigenvalue weighted by Crippen LogP contribution is -2.49. The van der Waals surface area contributed by atoms with Crippen molar-refractivity contribution >= 4 is 18.4 Å². The molecule has 2 aromatic carbocycles. The zero-order valence-electron chi connectivity index (χ0n) is 11.0. The van der Waals surface area contributed by atoms with Gasteiger partial charge in [0.05, 0.1) is 5.56 Å². The molecule has 0 atom stereocenters. The van der Waals surface area contributed by atoms with Gasteiger partial charge < -0.3 is 0 Å². The number of hydrogen-bond acceptors (Lipinski definition) is 0. The molecule has 0 nitrogen and oxygen atoms in total. The summed E-state index contributed by atoms with van der Waals surface area (Å²) in [5.74, 6) is -0.360. The highest BCUT2D eigenvalue weighted by atomic mass is 28.3. The van der Waals surface area contributed by atoms with Gasteiger partial charge in [0.2, 0.25) is 0 Å². The average Bonchev–Trinajstić information content (AvgIpc) is 2.57. The molecule has 0 aliphatic carbocycles. The lowest BCUT2D eigenvalue weighted by molar-refractivity contribution is -0.137. The summed E-state index contributed by atoms with van der Waals surface area (Å²) < 4.78 is 52.0. The van der Waals surface area contributed by atoms with Gasteiger partial charge in [-0.05, 0) is 45.8 Å². The van der Waals surface area contributed by atoms with Crippen LogP contribution in [-0.4, -0.2) is 8.07 Å². The highest BCUT2D eigenvalue weighted by molar-refractivity contribution is 7.03. The highest BCUT2D eigenvalue weighted by Crippen LogP contribution is 2.34. The van der Waals surface area contributed by atoms with E-state index in [4.69, 9.17) is 0 Å². The van der Waals surface area contributed by atoms with Crippen molar-refractivity contribution in [3.63, 3.8) is 0 Å². The molecule has 0 spiro atoms. The summed E-state index contributed by atoms with van der Waals surface area (Å²) >= 11 is 0. The fourth-order valence-corrected chi connectivity index (χ4v) is 5.98. The van der Waals surface area contributed by atoms with E-state index >= 15 is 0 Å². The van der Waals surface area contributed by atoms with Crippen LogP contribution in [0, 0.1) is 5.82 Å². The maximum absolute atomic E-state index is 13.4. The van der Waals surface area contributed by atoms with E-state index in [0.29, 0.717) is 0 Å². The smallest absolute Gasteiger partial charge is 0.207 e. The fourth-order valence-electron chi connectivity index (χ4n) is 2.90. The molecule has 0 bridgehead atoms. The largest absolute Gasteiger partial charge is 0.416 e. The molecule has 1 aliphatic rings. The molecule has 0 radical (unpaired) electrons. The standard InChI is InChI=1S/C15H12F4Si/c1-20(2)13-6-4-10(16)8-12(13)11-5-3-9(7-14(11)20)15(17,18)19/h3-8H,1-2H3. The predicted molar refractivity (Wildman–Crippen MR) is 73.6 cm³/mol. The number of halogens is 4. The first-order valence-electron chi connectivity index (χ1n) is 6.23. The first-order valence-corrected chi connectivity index (χ1v) is 9.23. The first kappa shape index (κ1) is 13.4. The monoisotopic (exact) mass is 296 g/mol. The zero-order valence-corrected chi connectivity index (χ0v) is 12.0. The average molecular weight is 296 g/mol. The Balaban J connectivity index is 2.28. The molecular weight excluding hydrogens is 284 g/mol. The number of rotatable bonds is 0. The molecule has 104 valence electrons. The van der Waals surface area contributed by atoms with Gasteiger partial charge in [0, 0.05) is 0 Å². The minimum Gasteiger partial charge on any atom is -0.207 e. The van der Waals surface area contributed by atoms with Crippen molar-refractivity contribution in [1.29, 1.82) is 0 Å². The summed E-state index contributed by atoms with van der Waals surface area (Å²) in [6, 6.07) is 8.29. The van der Waals surface area contributed by atoms with Crippen LogP contribution in [0.3, 0.4) is 0 Å². The molecule has 0 amide bonds. The van der Waals surface area contributed by atoms with Gasteiger partial charge in [-0.15, -0.1) is 0 Å². The SMILES string of the molecule is C[Si]1(C)c2ccc(F)cc2-c2ccc(C(F)(F)F)cc21. The molecule has 1 aliphatic heterocycles. The predicted octanol–water partition coefficient (Wildman–Crippen LogP) is 3.65. The van der Waals surface area contributed by atoms with Crippen molar-refractivity contribution in [3.8, 4) is 11.1 Å². The van der Waals surface area contributed by atoms with E-state index in [2.05, 4.69) is 0 Å². The summed E-state index contributed by atoms with van der Waals surface area (Å²) in [7, 11) is -2.18. The molecule has 5 heteroatoms. The van der Waals surface area contributed by atoms with Gasteiger partial charge in [0.25, 0.3) is 0 Å². The lowest BCUT2D eigenvalue weighted by Gasteiger charge is -2.19. The third-order valence-electron chi connectivity index (χ3n) is 3.97. The van der Waals surface area contributed by atoms with Crippen LogP contribution in [0.25, 0.3) is 11.1 Å². The van der Waals surface area contributed by atoms with E-state index in [1.165, 1.54) is 24.3 Å². The summed E-state index contributed by atoms with van der Waals surface area (Å²) in [5, 5.41) is 1.72. The topological polar surface area (TPSA) is 0 Å². The Morgan fingerprint density at radius 2 is 1.55 bits per heavy atom. The van der Waals surface area contributed by atoms with E-state index in [9.17, 15) is 17.6 Å². The van der Waals surface area contributed by atoms with Crippen molar-refractivity contribution in [2.24, 2.45) is 0 Å². The van der Waals surface area contributed by atoms with Crippen LogP contribution >= 0.6 is 0 Å². The van der Waals surface area contributed by atoms with Crippen LogP contribution < -0.4 is 10.4 Å². The maximum Gasteiger partial charge on any atom is 0.416 e. The van der Waals surface area contributed by atoms with Gasteiger partial charge in [-0.1, -0.05) is 25.2 Å². The fraction of sp³-hybridized carbons (Fsp3) is 0.200. The van der Waals surface area contributed by atoms with Crippen molar-refractivity contribution in [2.75, 3.05) is 0 Å². The van der Waals surface area contributed by atoms with Gasteiger partial charge in [-0.25, -0.2) is 4.39 Å². The summed E-state index contributed by atoms with van der Waals surface area (Å²) in [6.45, 7) is 3.99. The van der Waals surface area contributed by atoms with Gasteiger partial charge in [-0.3, -0.25) is 0 Å². The summed E-state index contributed by atoms with van der Waals surface area (Å²) in [6.07, 6.45) is -4.35. The van der Waals surface area contributed by atoms with Crippen LogP contribution in [0.2, 0.25) is 13.1 Å². The van der Waals surface area contributed by atoms with Crippen LogP contribution in [0.4, 0.5) is 17.6 Å². The van der Waals surface area contributed by atoms with Gasteiger partial charge in [-0.2, -0.15) is 13.2 Å². The van der Waals surface area contributed by atoms with Crippen molar-refractivity contribution in [3.05, 3.63) is 47.8 Å². The van der Waals surface area contributed by atoms with Gasteiger partial charge in [0.15, 0.2) is 0 Å². The van der Waals surface area contributed by atoms with Crippen molar-refractivity contribution in [1.82, 2.24) is 0 Å². The second-order valence-corrected chi connectivity index (χ2v) is 9.90. The molecule has 0 saturated heterocycles. The number of fused-ring (bicyclic) bond motifs is 3. The minimum atomic E-state index is -4.35. The van der Waals surface area contributed by atoms with E-state index in [0.717, 1.165) is 27.6 Å². The first-order chi connectivity index (χ1) is 9.21. The molecular formula is C15H12F4Si. The van der Waals surface area contributed by atoms with Crippen LogP contribution in [-0.2, 0) is 6.18 Å². The maximum atomic E-state index is 13.4. The van der Waals surface area contributed by atoms with E-state index in [1.807, 2.05) is 13.1 Å². The molecule has 1 heterocycles. The van der Waals surface area contributed by atoms with Crippen LogP contribution in [0.1, 0.15) is 5.56 Å². The van der Waals surface area contributed by atoms with E-state index in [-0.39, 0.29) is 5.82 Å². The number of benzene rings is 2. The summed E-state index contributed by atoms with van der Waals surface area (Å²) in [5.41, 5.74) is 0.847. The zero-order chi connectivity index (χ0) is 14.7. The van der Waals surface area contributed by atoms with E-state index in [1.54, 1.807) is 6.07 Å². The van der Waals surface area contributed by atoms with Crippen LogP contribution in [0.5, 0.6) is 0 Å². The number of hydrogen-bond donors (Lipinski definition) is 0. The normalized spacial score (nSPS) is 15.9. The molecule has 0 fully saturated rings. The Bertz CT molecular complexity index is 702. The molecule has 2 aromatic rings. The Kier molecular flexibility index (Phi) is 2.64. The quantitative estimate of drug-likeness (QED) is 0.514. The molecule has 0 aromatic heterocycles. The Labute approximate surface area is 115 Å². The Hall–Kier alpha value is -1.62. The summed E-state index contributed by atoms with van der Waals surface area (Å²) in [4.78, 5) is 0. The highest BCUT2D eigenvalue weighted by Gasteiger charge is 2.40. The third kappa shape index (κ3) is 1.80. The van der Waals surface area contributed by atoms with Gasteiger partial charge in [0.1, 0.15) is 13.9 Å². The minimum absolute atomic E-state index is 0.360. The van der Waals surface area contributed by atoms with Crippen molar-refractivity contribution in [2.45, 2.75) is 19.3 Å². The second kappa shape index (κ2) is 3.94. The Morgan fingerprint density at radius 3 is 2.20 bits per heavy atom. The lowest BCUT2D eigenvalue weighted by atomic mass is 10.0. The van der Waals surface area contributed by atoms with Gasteiger partial charge >= 0.3 is 6.18 Å². The molecule has 0 saturated carbocycles. The number of alkyl halides is 3. The van der Waals surface area contributed by atoms with E-state index < -0.39 is 19.8 Å². The van der Waals surface area contributed by atoms with Crippen molar-refractivity contribution < 1.29 is 17.6 Å². The second-order valence-electron chi connectivity index (χ2n) is 5.57. The molecule has 3 rings (SSSR count). The molecule has 0 unspecified atom stereocenters. The third-order valence-corrected chi connectivity index (χ3v) is 7.51. The molecule has 0 N–H and O–H groups in total. The van der Waals surface area contributed by atoms with Crippen LogP contribution in [0.15, 0.2) is 36.4 Å².